The summed E-state index contributed by atoms with van der Waals surface area (Å²) in [5, 5.41) is 9.84. The quantitative estimate of drug-likeness (QED) is 0.839. The Morgan fingerprint density at radius 2 is 2.04 bits per heavy atom. The standard InChI is InChI=1S/C17H21N3O4S/c1-11(12-3-5-13(6-4-12)25(2,22)23)17(21)19-14-8-10-24-16(14)15-7-9-18-20-15/h3-7,9,11,14,16H,8,10H2,1-2H3,(H,18,20)(H,19,21)/t11?,14-,16-/m1/s1. The summed E-state index contributed by atoms with van der Waals surface area (Å²) in [7, 11) is -3.24. The molecule has 1 aromatic heterocycles. The first kappa shape index (κ1) is 17.6. The molecule has 25 heavy (non-hydrogen) atoms. The van der Waals surface area contributed by atoms with Crippen molar-refractivity contribution in [2.45, 2.75) is 36.3 Å². The van der Waals surface area contributed by atoms with Crippen LogP contribution in [0.25, 0.3) is 0 Å². The highest BCUT2D eigenvalue weighted by Crippen LogP contribution is 2.28. The van der Waals surface area contributed by atoms with Gasteiger partial charge in [0.25, 0.3) is 0 Å². The van der Waals surface area contributed by atoms with Crippen LogP contribution in [0.4, 0.5) is 0 Å². The molecule has 1 saturated heterocycles. The molecule has 0 saturated carbocycles. The Balaban J connectivity index is 1.68. The van der Waals surface area contributed by atoms with Crippen LogP contribution < -0.4 is 5.32 Å². The number of nitrogens with one attached hydrogen (secondary N) is 2. The third-order valence-corrected chi connectivity index (χ3v) is 5.58. The van der Waals surface area contributed by atoms with Crippen molar-refractivity contribution in [1.82, 2.24) is 15.5 Å². The van der Waals surface area contributed by atoms with Gasteiger partial charge in [-0.3, -0.25) is 9.89 Å². The van der Waals surface area contributed by atoms with Gasteiger partial charge in [-0.25, -0.2) is 8.42 Å². The third-order valence-electron chi connectivity index (χ3n) is 4.45. The predicted octanol–water partition coefficient (Wildman–Crippen LogP) is 1.56. The lowest BCUT2D eigenvalue weighted by molar-refractivity contribution is -0.123. The summed E-state index contributed by atoms with van der Waals surface area (Å²) in [6.45, 7) is 2.37. The minimum Gasteiger partial charge on any atom is -0.370 e. The van der Waals surface area contributed by atoms with E-state index in [1.54, 1.807) is 25.3 Å². The zero-order valence-corrected chi connectivity index (χ0v) is 14.9. The summed E-state index contributed by atoms with van der Waals surface area (Å²) < 4.78 is 28.7. The van der Waals surface area contributed by atoms with Gasteiger partial charge in [-0.2, -0.15) is 5.10 Å². The van der Waals surface area contributed by atoms with Crippen molar-refractivity contribution in [3.8, 4) is 0 Å². The zero-order chi connectivity index (χ0) is 18.0. The van der Waals surface area contributed by atoms with Gasteiger partial charge in [-0.1, -0.05) is 12.1 Å². The lowest BCUT2D eigenvalue weighted by Gasteiger charge is -2.21. The van der Waals surface area contributed by atoms with Crippen LogP contribution in [0.15, 0.2) is 41.4 Å². The maximum atomic E-state index is 12.6. The first-order valence-electron chi connectivity index (χ1n) is 8.07. The van der Waals surface area contributed by atoms with E-state index in [1.165, 1.54) is 12.1 Å². The van der Waals surface area contributed by atoms with Crippen molar-refractivity contribution in [3.05, 3.63) is 47.8 Å². The van der Waals surface area contributed by atoms with Gasteiger partial charge in [-0.05, 0) is 37.1 Å². The van der Waals surface area contributed by atoms with Crippen LogP contribution in [0.2, 0.25) is 0 Å². The SMILES string of the molecule is CC(C(=O)N[C@@H]1CCO[C@H]1c1ccn[nH]1)c1ccc(S(C)(=O)=O)cc1. The van der Waals surface area contributed by atoms with Crippen molar-refractivity contribution < 1.29 is 17.9 Å². The number of carbonyl (C=O) groups is 1. The summed E-state index contributed by atoms with van der Waals surface area (Å²) in [5.41, 5.74) is 1.61. The summed E-state index contributed by atoms with van der Waals surface area (Å²) in [6, 6.07) is 8.13. The molecule has 2 N–H and O–H groups in total. The minimum atomic E-state index is -3.24. The molecular formula is C17H21N3O4S. The molecule has 7 nitrogen and oxygen atoms in total. The van der Waals surface area contributed by atoms with Crippen LogP contribution in [-0.4, -0.2) is 43.4 Å². The van der Waals surface area contributed by atoms with Crippen LogP contribution in [0.5, 0.6) is 0 Å². The number of amides is 1. The summed E-state index contributed by atoms with van der Waals surface area (Å²) in [4.78, 5) is 12.8. The third kappa shape index (κ3) is 3.91. The number of benzene rings is 1. The van der Waals surface area contributed by atoms with Crippen molar-refractivity contribution >= 4 is 15.7 Å². The summed E-state index contributed by atoms with van der Waals surface area (Å²) in [6.07, 6.45) is 3.32. The molecule has 1 amide bonds. The Kier molecular flexibility index (Phi) is 4.91. The van der Waals surface area contributed by atoms with Gasteiger partial charge in [-0.15, -0.1) is 0 Å². The molecule has 0 bridgehead atoms. The normalized spacial score (nSPS) is 21.8. The fourth-order valence-electron chi connectivity index (χ4n) is 2.93. The lowest BCUT2D eigenvalue weighted by atomic mass is 9.99. The topological polar surface area (TPSA) is 101 Å². The largest absolute Gasteiger partial charge is 0.370 e. The van der Waals surface area contributed by atoms with Gasteiger partial charge in [0.1, 0.15) is 6.10 Å². The average molecular weight is 363 g/mol. The number of hydrogen-bond donors (Lipinski definition) is 2. The molecule has 134 valence electrons. The van der Waals surface area contributed by atoms with E-state index in [-0.39, 0.29) is 22.9 Å². The molecule has 0 radical (unpaired) electrons. The van der Waals surface area contributed by atoms with Crippen LogP contribution in [0.3, 0.4) is 0 Å². The van der Waals surface area contributed by atoms with E-state index >= 15 is 0 Å². The van der Waals surface area contributed by atoms with Gasteiger partial charge in [0, 0.05) is 19.1 Å². The lowest BCUT2D eigenvalue weighted by Crippen LogP contribution is -2.39. The number of ether oxygens (including phenoxy) is 1. The predicted molar refractivity (Wildman–Crippen MR) is 91.8 cm³/mol. The molecule has 1 aromatic carbocycles. The summed E-state index contributed by atoms with van der Waals surface area (Å²) >= 11 is 0. The van der Waals surface area contributed by atoms with Crippen LogP contribution in [0.1, 0.15) is 36.6 Å². The number of hydrogen-bond acceptors (Lipinski definition) is 5. The number of nitrogens with zero attached hydrogens (tertiary/aromatic N) is 1. The Labute approximate surface area is 146 Å². The second-order valence-electron chi connectivity index (χ2n) is 6.27. The van der Waals surface area contributed by atoms with E-state index in [2.05, 4.69) is 15.5 Å². The number of sulfone groups is 1. The first-order valence-corrected chi connectivity index (χ1v) is 9.96. The van der Waals surface area contributed by atoms with Gasteiger partial charge >= 0.3 is 0 Å². The highest BCUT2D eigenvalue weighted by atomic mass is 32.2. The van der Waals surface area contributed by atoms with Crippen LogP contribution in [-0.2, 0) is 19.4 Å². The van der Waals surface area contributed by atoms with Crippen molar-refractivity contribution in [2.75, 3.05) is 12.9 Å². The molecule has 1 fully saturated rings. The number of aromatic amines is 1. The molecule has 2 heterocycles. The van der Waals surface area contributed by atoms with E-state index in [9.17, 15) is 13.2 Å². The summed E-state index contributed by atoms with van der Waals surface area (Å²) in [5.74, 6) is -0.510. The maximum absolute atomic E-state index is 12.6. The monoisotopic (exact) mass is 363 g/mol. The second-order valence-corrected chi connectivity index (χ2v) is 8.29. The number of rotatable bonds is 5. The van der Waals surface area contributed by atoms with Gasteiger partial charge in [0.05, 0.1) is 22.5 Å². The maximum Gasteiger partial charge on any atom is 0.227 e. The molecule has 8 heteroatoms. The highest BCUT2D eigenvalue weighted by Gasteiger charge is 2.33. The van der Waals surface area contributed by atoms with Crippen LogP contribution in [0, 0.1) is 0 Å². The van der Waals surface area contributed by atoms with Crippen molar-refractivity contribution in [3.63, 3.8) is 0 Å². The van der Waals surface area contributed by atoms with Crippen LogP contribution >= 0.6 is 0 Å². The number of aromatic nitrogens is 2. The molecule has 1 aliphatic rings. The minimum absolute atomic E-state index is 0.118. The van der Waals surface area contributed by atoms with E-state index in [4.69, 9.17) is 4.74 Å². The molecule has 2 aromatic rings. The number of carbonyl (C=O) groups excluding carboxylic acids is 1. The molecular weight excluding hydrogens is 342 g/mol. The van der Waals surface area contributed by atoms with Gasteiger partial charge < -0.3 is 10.1 Å². The Morgan fingerprint density at radius 1 is 1.32 bits per heavy atom. The smallest absolute Gasteiger partial charge is 0.227 e. The zero-order valence-electron chi connectivity index (χ0n) is 14.1. The average Bonchev–Trinajstić information content (AvgIpc) is 3.24. The van der Waals surface area contributed by atoms with E-state index < -0.39 is 15.8 Å². The van der Waals surface area contributed by atoms with Crippen molar-refractivity contribution in [1.29, 1.82) is 0 Å². The Morgan fingerprint density at radius 3 is 2.64 bits per heavy atom. The molecule has 0 spiro atoms. The Hall–Kier alpha value is -2.19. The fraction of sp³-hybridized carbons (Fsp3) is 0.412. The highest BCUT2D eigenvalue weighted by molar-refractivity contribution is 7.90. The first-order chi connectivity index (χ1) is 11.9. The van der Waals surface area contributed by atoms with E-state index in [0.717, 1.165) is 23.9 Å². The molecule has 3 rings (SSSR count). The second kappa shape index (κ2) is 6.97. The fourth-order valence-corrected chi connectivity index (χ4v) is 3.56. The van der Waals surface area contributed by atoms with Gasteiger partial charge in [0.15, 0.2) is 9.84 Å². The molecule has 3 atom stereocenters. The molecule has 1 aliphatic heterocycles. The number of H-pyrrole nitrogens is 1. The van der Waals surface area contributed by atoms with Crippen molar-refractivity contribution in [2.24, 2.45) is 0 Å². The van der Waals surface area contributed by atoms with E-state index in [1.807, 2.05) is 6.07 Å². The molecule has 1 unspecified atom stereocenters. The van der Waals surface area contributed by atoms with E-state index in [0.29, 0.717) is 6.61 Å². The molecule has 0 aliphatic carbocycles. The van der Waals surface area contributed by atoms with Gasteiger partial charge in [0.2, 0.25) is 5.91 Å². The Bertz CT molecular complexity index is 831.